The standard InChI is InChI=1S/C23H23ClF4N2O2/c1-22(6-4-14(5-7-22)23(26,27)28)18-13-16(18)20(31)29-8-10-30(11-9-29)21(32)17-12-15(24)2-3-19(17)25/h2-6,12,16,18H,7-11,13H2,1H3. The Hall–Kier alpha value is -2.35. The molecule has 0 spiro atoms. The van der Waals surface area contributed by atoms with Crippen LogP contribution in [0.15, 0.2) is 42.0 Å². The van der Waals surface area contributed by atoms with Gasteiger partial charge < -0.3 is 9.80 Å². The number of amides is 2. The number of halogens is 5. The van der Waals surface area contributed by atoms with Crippen molar-refractivity contribution in [2.24, 2.45) is 17.3 Å². The number of hydrogen-bond donors (Lipinski definition) is 0. The van der Waals surface area contributed by atoms with Gasteiger partial charge >= 0.3 is 6.18 Å². The third-order valence-electron chi connectivity index (χ3n) is 6.72. The average molecular weight is 471 g/mol. The van der Waals surface area contributed by atoms with Gasteiger partial charge in [0.2, 0.25) is 5.91 Å². The summed E-state index contributed by atoms with van der Waals surface area (Å²) >= 11 is 5.87. The SMILES string of the molecule is CC1(C2CC2C(=O)N2CCN(C(=O)c3cc(Cl)ccc3F)CC2)C=CC(C(F)(F)F)=CC1. The van der Waals surface area contributed by atoms with Crippen molar-refractivity contribution in [3.8, 4) is 0 Å². The molecule has 172 valence electrons. The molecule has 1 aliphatic heterocycles. The van der Waals surface area contributed by atoms with Crippen molar-refractivity contribution in [2.45, 2.75) is 25.9 Å². The van der Waals surface area contributed by atoms with Crippen LogP contribution in [-0.2, 0) is 4.79 Å². The van der Waals surface area contributed by atoms with Crippen LogP contribution in [0.1, 0.15) is 30.1 Å². The van der Waals surface area contributed by atoms with Crippen molar-refractivity contribution in [3.63, 3.8) is 0 Å². The lowest BCUT2D eigenvalue weighted by Crippen LogP contribution is -2.51. The normalized spacial score (nSPS) is 27.9. The highest BCUT2D eigenvalue weighted by molar-refractivity contribution is 6.31. The fourth-order valence-corrected chi connectivity index (χ4v) is 4.80. The lowest BCUT2D eigenvalue weighted by atomic mass is 9.76. The van der Waals surface area contributed by atoms with Crippen LogP contribution in [0, 0.1) is 23.1 Å². The van der Waals surface area contributed by atoms with Crippen molar-refractivity contribution in [1.29, 1.82) is 0 Å². The molecule has 0 radical (unpaired) electrons. The lowest BCUT2D eigenvalue weighted by Gasteiger charge is -2.35. The smallest absolute Gasteiger partial charge is 0.339 e. The van der Waals surface area contributed by atoms with Crippen LogP contribution < -0.4 is 0 Å². The average Bonchev–Trinajstić information content (AvgIpc) is 3.56. The van der Waals surface area contributed by atoms with Crippen molar-refractivity contribution in [3.05, 3.63) is 58.4 Å². The topological polar surface area (TPSA) is 40.6 Å². The molecule has 2 fully saturated rings. The molecule has 4 nitrogen and oxygen atoms in total. The number of benzene rings is 1. The molecule has 0 N–H and O–H groups in total. The second kappa shape index (κ2) is 8.21. The highest BCUT2D eigenvalue weighted by Gasteiger charge is 2.54. The van der Waals surface area contributed by atoms with Gasteiger partial charge in [-0.2, -0.15) is 13.2 Å². The van der Waals surface area contributed by atoms with Crippen LogP contribution in [0.2, 0.25) is 5.02 Å². The molecule has 1 saturated carbocycles. The first kappa shape index (κ1) is 22.8. The molecule has 3 aliphatic rings. The molecule has 0 aromatic heterocycles. The zero-order valence-corrected chi connectivity index (χ0v) is 18.2. The van der Waals surface area contributed by atoms with E-state index in [-0.39, 0.29) is 47.8 Å². The van der Waals surface area contributed by atoms with Gasteiger partial charge in [0.05, 0.1) is 11.1 Å². The van der Waals surface area contributed by atoms with Gasteiger partial charge in [-0.1, -0.05) is 36.8 Å². The van der Waals surface area contributed by atoms with Crippen molar-refractivity contribution in [1.82, 2.24) is 9.80 Å². The third-order valence-corrected chi connectivity index (χ3v) is 6.96. The summed E-state index contributed by atoms with van der Waals surface area (Å²) in [7, 11) is 0. The maximum absolute atomic E-state index is 14.0. The molecular weight excluding hydrogens is 448 g/mol. The molecule has 2 aliphatic carbocycles. The largest absolute Gasteiger partial charge is 0.416 e. The number of alkyl halides is 3. The summed E-state index contributed by atoms with van der Waals surface area (Å²) in [5, 5.41) is 0.269. The van der Waals surface area contributed by atoms with E-state index in [0.717, 1.165) is 12.1 Å². The van der Waals surface area contributed by atoms with Crippen LogP contribution in [0.5, 0.6) is 0 Å². The number of hydrogen-bond acceptors (Lipinski definition) is 2. The second-order valence-corrected chi connectivity index (χ2v) is 9.33. The number of carbonyl (C=O) groups is 2. The van der Waals surface area contributed by atoms with E-state index in [4.69, 9.17) is 11.6 Å². The van der Waals surface area contributed by atoms with Gasteiger partial charge in [-0.05, 0) is 42.4 Å². The Morgan fingerprint density at radius 2 is 1.78 bits per heavy atom. The van der Waals surface area contributed by atoms with Gasteiger partial charge in [-0.25, -0.2) is 4.39 Å². The molecule has 0 bridgehead atoms. The number of nitrogens with zero attached hydrogens (tertiary/aromatic N) is 2. The molecular formula is C23H23ClF4N2O2. The Kier molecular flexibility index (Phi) is 5.86. The second-order valence-electron chi connectivity index (χ2n) is 8.89. The van der Waals surface area contributed by atoms with Gasteiger partial charge in [0, 0.05) is 37.1 Å². The minimum atomic E-state index is -4.36. The van der Waals surface area contributed by atoms with E-state index in [9.17, 15) is 27.2 Å². The van der Waals surface area contributed by atoms with Crippen LogP contribution in [-0.4, -0.2) is 54.0 Å². The molecule has 32 heavy (non-hydrogen) atoms. The minimum Gasteiger partial charge on any atom is -0.339 e. The van der Waals surface area contributed by atoms with E-state index in [0.29, 0.717) is 19.5 Å². The molecule has 3 atom stereocenters. The van der Waals surface area contributed by atoms with E-state index in [1.807, 2.05) is 6.92 Å². The summed E-state index contributed by atoms with van der Waals surface area (Å²) in [5.74, 6) is -1.37. The Morgan fingerprint density at radius 1 is 1.12 bits per heavy atom. The van der Waals surface area contributed by atoms with Gasteiger partial charge in [-0.3, -0.25) is 9.59 Å². The summed E-state index contributed by atoms with van der Waals surface area (Å²) in [6.45, 7) is 3.12. The van der Waals surface area contributed by atoms with Gasteiger partial charge in [0.25, 0.3) is 5.91 Å². The maximum atomic E-state index is 14.0. The molecule has 1 aromatic carbocycles. The quantitative estimate of drug-likeness (QED) is 0.592. The fraction of sp³-hybridized carbons (Fsp3) is 0.478. The molecule has 9 heteroatoms. The van der Waals surface area contributed by atoms with Crippen LogP contribution in [0.3, 0.4) is 0 Å². The summed E-state index contributed by atoms with van der Waals surface area (Å²) in [6.07, 6.45) is 0.440. The van der Waals surface area contributed by atoms with Gasteiger partial charge in [-0.15, -0.1) is 0 Å². The predicted octanol–water partition coefficient (Wildman–Crippen LogP) is 4.85. The molecule has 4 rings (SSSR count). The first-order valence-electron chi connectivity index (χ1n) is 10.5. The predicted molar refractivity (Wildman–Crippen MR) is 111 cm³/mol. The molecule has 1 heterocycles. The molecule has 1 aromatic rings. The number of rotatable bonds is 3. The number of carbonyl (C=O) groups excluding carboxylic acids is 2. The highest BCUT2D eigenvalue weighted by atomic mass is 35.5. The Bertz CT molecular complexity index is 998. The summed E-state index contributed by atoms with van der Waals surface area (Å²) in [6, 6.07) is 3.82. The number of allylic oxidation sites excluding steroid dienone is 4. The monoisotopic (exact) mass is 470 g/mol. The zero-order valence-electron chi connectivity index (χ0n) is 17.5. The van der Waals surface area contributed by atoms with E-state index >= 15 is 0 Å². The molecule has 1 saturated heterocycles. The van der Waals surface area contributed by atoms with Crippen LogP contribution >= 0.6 is 11.6 Å². The van der Waals surface area contributed by atoms with Crippen LogP contribution in [0.25, 0.3) is 0 Å². The van der Waals surface area contributed by atoms with Gasteiger partial charge in [0.15, 0.2) is 0 Å². The minimum absolute atomic E-state index is 0.00231. The van der Waals surface area contributed by atoms with E-state index in [1.54, 1.807) is 11.0 Å². The van der Waals surface area contributed by atoms with Gasteiger partial charge in [0.1, 0.15) is 5.82 Å². The first-order valence-corrected chi connectivity index (χ1v) is 10.9. The van der Waals surface area contributed by atoms with Crippen molar-refractivity contribution >= 4 is 23.4 Å². The summed E-state index contributed by atoms with van der Waals surface area (Å²) in [4.78, 5) is 28.8. The number of piperazine rings is 1. The van der Waals surface area contributed by atoms with Crippen LogP contribution in [0.4, 0.5) is 17.6 Å². The Balaban J connectivity index is 1.32. The fourth-order valence-electron chi connectivity index (χ4n) is 4.62. The Labute approximate surface area is 188 Å². The first-order chi connectivity index (χ1) is 15.0. The highest BCUT2D eigenvalue weighted by Crippen LogP contribution is 2.56. The van der Waals surface area contributed by atoms with E-state index in [2.05, 4.69) is 0 Å². The van der Waals surface area contributed by atoms with Crippen molar-refractivity contribution in [2.75, 3.05) is 26.2 Å². The van der Waals surface area contributed by atoms with Crippen molar-refractivity contribution < 1.29 is 27.2 Å². The summed E-state index contributed by atoms with van der Waals surface area (Å²) < 4.78 is 52.6. The third kappa shape index (κ3) is 4.42. The molecule has 3 unspecified atom stereocenters. The Morgan fingerprint density at radius 3 is 2.38 bits per heavy atom. The summed E-state index contributed by atoms with van der Waals surface area (Å²) in [5.41, 5.74) is -1.21. The van der Waals surface area contributed by atoms with E-state index in [1.165, 1.54) is 23.1 Å². The molecule has 2 amide bonds. The lowest BCUT2D eigenvalue weighted by molar-refractivity contribution is -0.134. The van der Waals surface area contributed by atoms with E-state index < -0.39 is 28.9 Å². The zero-order chi connectivity index (χ0) is 23.3. The maximum Gasteiger partial charge on any atom is 0.416 e.